The summed E-state index contributed by atoms with van der Waals surface area (Å²) in [4.78, 5) is 49.4. The van der Waals surface area contributed by atoms with Crippen LogP contribution < -0.4 is 0 Å². The number of carbonyl (C=O) groups excluding carboxylic acids is 6. The first-order valence-corrected chi connectivity index (χ1v) is 2.57. The van der Waals surface area contributed by atoms with Crippen LogP contribution in [0.2, 0.25) is 0 Å². The van der Waals surface area contributed by atoms with Crippen LogP contribution in [0.25, 0.3) is 32.5 Å². The van der Waals surface area contributed by atoms with Crippen LogP contribution in [-0.2, 0) is 62.9 Å². The second-order valence-electron chi connectivity index (χ2n) is 0.548. The molecular formula is C6Fe2N6O6. The smallest absolute Gasteiger partial charge is 0.724 e. The third-order valence-electron chi connectivity index (χ3n) is 0. The Labute approximate surface area is 132 Å². The number of nitrogens with zero attached hydrogens (tertiary/aromatic N) is 6. The first-order valence-electron chi connectivity index (χ1n) is 2.57. The minimum absolute atomic E-state index is 0. The third-order valence-corrected chi connectivity index (χ3v) is 0. The Morgan fingerprint density at radius 1 is 0.350 bits per heavy atom. The van der Waals surface area contributed by atoms with Crippen molar-refractivity contribution in [1.82, 2.24) is 0 Å². The van der Waals surface area contributed by atoms with Crippen molar-refractivity contribution in [3.05, 3.63) is 32.5 Å². The van der Waals surface area contributed by atoms with Crippen LogP contribution in [0.4, 0.5) is 0 Å². The van der Waals surface area contributed by atoms with Gasteiger partial charge in [-0.15, -0.1) is 0 Å². The Balaban J connectivity index is -0.0000000141. The second kappa shape index (κ2) is 348. The topological polar surface area (TPSA) is 236 Å². The summed E-state index contributed by atoms with van der Waals surface area (Å²) in [7, 11) is 0. The number of hydrogen-bond acceptors (Lipinski definition) is 6. The van der Waals surface area contributed by atoms with Gasteiger partial charge in [-0.05, 0) is 36.5 Å². The minimum Gasteiger partial charge on any atom is -0.724 e. The molecule has 0 heterocycles. The van der Waals surface area contributed by atoms with Gasteiger partial charge in [-0.1, -0.05) is 0 Å². The summed E-state index contributed by atoms with van der Waals surface area (Å²) in [5, 5.41) is 40.6. The van der Waals surface area contributed by atoms with Crippen LogP contribution in [-0.4, -0.2) is 36.5 Å². The summed E-state index contributed by atoms with van der Waals surface area (Å²) in [5.74, 6) is 0. The maximum absolute atomic E-state index is 8.24. The van der Waals surface area contributed by atoms with Crippen molar-refractivity contribution < 1.29 is 62.9 Å². The zero-order valence-corrected chi connectivity index (χ0v) is 11.0. The molecule has 2 radical (unpaired) electrons. The van der Waals surface area contributed by atoms with E-state index in [1.54, 1.807) is 0 Å². The van der Waals surface area contributed by atoms with Crippen LogP contribution >= 0.6 is 0 Å². The molecule has 0 amide bonds. The molecule has 0 aromatic rings. The largest absolute Gasteiger partial charge is 3.00 e. The fourth-order valence-electron chi connectivity index (χ4n) is 0. The Morgan fingerprint density at radius 2 is 0.350 bits per heavy atom. The molecule has 0 unspecified atom stereocenters. The predicted molar refractivity (Wildman–Crippen MR) is 54.3 cm³/mol. The molecule has 0 N–H and O–H groups in total. The number of rotatable bonds is 0. The normalized spacial score (nSPS) is 2.40. The fraction of sp³-hybridized carbons (Fsp3) is 0. The zero-order chi connectivity index (χ0) is 16.2. The Hall–Kier alpha value is -2.68. The molecule has 0 saturated heterocycles. The monoisotopic (exact) mass is 364 g/mol. The molecule has 0 saturated carbocycles. The molecule has 0 bridgehead atoms. The third kappa shape index (κ3) is 437. The molecule has 106 valence electrons. The molecule has 20 heavy (non-hydrogen) atoms. The van der Waals surface area contributed by atoms with Gasteiger partial charge >= 0.3 is 34.1 Å². The van der Waals surface area contributed by atoms with Crippen LogP contribution in [0.5, 0.6) is 0 Å². The quantitative estimate of drug-likeness (QED) is 0.307. The maximum Gasteiger partial charge on any atom is 3.00 e. The number of isocyanates is 6. The summed E-state index contributed by atoms with van der Waals surface area (Å²) in [6.45, 7) is 0. The van der Waals surface area contributed by atoms with Gasteiger partial charge in [-0.2, -0.15) is 0 Å². The molecule has 0 aromatic heterocycles. The summed E-state index contributed by atoms with van der Waals surface area (Å²) in [6, 6.07) is 0. The molecule has 0 aliphatic carbocycles. The molecule has 0 aromatic carbocycles. The standard InChI is InChI=1S/6CNO.2Fe/c6*2-1-3;;/q6*-1;2*+3. The molecule has 14 heteroatoms. The molecule has 0 spiro atoms. The van der Waals surface area contributed by atoms with Gasteiger partial charge < -0.3 is 32.5 Å². The van der Waals surface area contributed by atoms with Crippen LogP contribution in [0.15, 0.2) is 0 Å². The van der Waals surface area contributed by atoms with E-state index >= 15 is 0 Å². The van der Waals surface area contributed by atoms with Gasteiger partial charge in [0.05, 0.1) is 0 Å². The first kappa shape index (κ1) is 53.1. The van der Waals surface area contributed by atoms with Crippen molar-refractivity contribution in [3.8, 4) is 0 Å². The zero-order valence-electron chi connectivity index (χ0n) is 8.84. The molecule has 0 atom stereocenters. The van der Waals surface area contributed by atoms with E-state index in [9.17, 15) is 0 Å². The minimum atomic E-state index is 0. The molecule has 0 aliphatic heterocycles. The average Bonchev–Trinajstić information content (AvgIpc) is 2.23. The van der Waals surface area contributed by atoms with Gasteiger partial charge in [0.1, 0.15) is 0 Å². The SMILES string of the molecule is [Fe+3].[Fe+3].[N-]=C=O.[N-]=C=O.[N-]=C=O.[N-]=C=O.[N-]=C=O.[N-]=C=O. The van der Waals surface area contributed by atoms with E-state index in [-0.39, 0.29) is 34.1 Å². The van der Waals surface area contributed by atoms with Crippen molar-refractivity contribution in [2.45, 2.75) is 0 Å². The molecular weight excluding hydrogens is 364 g/mol. The predicted octanol–water partition coefficient (Wildman–Crippen LogP) is -0.655. The molecule has 0 rings (SSSR count). The van der Waals surface area contributed by atoms with E-state index < -0.39 is 0 Å². The van der Waals surface area contributed by atoms with Gasteiger partial charge in [0.15, 0.2) is 0 Å². The Bertz CT molecular complexity index is 257. The van der Waals surface area contributed by atoms with E-state index in [2.05, 4.69) is 0 Å². The number of hydrogen-bond donors (Lipinski definition) is 0. The van der Waals surface area contributed by atoms with E-state index in [0.29, 0.717) is 36.5 Å². The van der Waals surface area contributed by atoms with E-state index in [1.807, 2.05) is 0 Å². The van der Waals surface area contributed by atoms with E-state index in [1.165, 1.54) is 0 Å². The van der Waals surface area contributed by atoms with Crippen molar-refractivity contribution in [1.29, 1.82) is 0 Å². The van der Waals surface area contributed by atoms with E-state index in [4.69, 9.17) is 61.2 Å². The van der Waals surface area contributed by atoms with Crippen LogP contribution in [0.3, 0.4) is 0 Å². The van der Waals surface area contributed by atoms with Gasteiger partial charge in [0.2, 0.25) is 0 Å². The average molecular weight is 364 g/mol. The van der Waals surface area contributed by atoms with Crippen LogP contribution in [0, 0.1) is 0 Å². The van der Waals surface area contributed by atoms with Crippen molar-refractivity contribution in [2.24, 2.45) is 0 Å². The van der Waals surface area contributed by atoms with E-state index in [0.717, 1.165) is 0 Å². The van der Waals surface area contributed by atoms with Crippen molar-refractivity contribution in [2.75, 3.05) is 0 Å². The van der Waals surface area contributed by atoms with Crippen LogP contribution in [0.1, 0.15) is 0 Å². The molecule has 0 fully saturated rings. The van der Waals surface area contributed by atoms with Gasteiger partial charge in [0.25, 0.3) is 0 Å². The Morgan fingerprint density at radius 3 is 0.350 bits per heavy atom. The van der Waals surface area contributed by atoms with Gasteiger partial charge in [-0.3, -0.25) is 28.8 Å². The molecule has 0 aliphatic rings. The van der Waals surface area contributed by atoms with Crippen molar-refractivity contribution >= 4 is 36.5 Å². The van der Waals surface area contributed by atoms with Gasteiger partial charge in [-0.25, -0.2) is 0 Å². The summed E-state index contributed by atoms with van der Waals surface area (Å²) in [5.41, 5.74) is 0. The summed E-state index contributed by atoms with van der Waals surface area (Å²) >= 11 is 0. The first-order chi connectivity index (χ1) is 8.49. The van der Waals surface area contributed by atoms with Crippen molar-refractivity contribution in [3.63, 3.8) is 0 Å². The Kier molecular flexibility index (Phi) is 923. The summed E-state index contributed by atoms with van der Waals surface area (Å²) in [6.07, 6.45) is 3.00. The fourth-order valence-corrected chi connectivity index (χ4v) is 0. The second-order valence-corrected chi connectivity index (χ2v) is 0.548. The summed E-state index contributed by atoms with van der Waals surface area (Å²) < 4.78 is 0. The van der Waals surface area contributed by atoms with Gasteiger partial charge in [0, 0.05) is 0 Å². The molecule has 12 nitrogen and oxygen atoms in total. The maximum atomic E-state index is 8.24.